The van der Waals surface area contributed by atoms with E-state index in [-0.39, 0.29) is 18.1 Å². The number of rotatable bonds is 1. The molecular formula is C8H5BrF2O2. The fraction of sp³-hybridized carbons (Fsp3) is 0.250. The summed E-state index contributed by atoms with van der Waals surface area (Å²) >= 11 is 3.03. The van der Waals surface area contributed by atoms with Gasteiger partial charge in [-0.1, -0.05) is 15.9 Å². The molecular weight excluding hydrogens is 246 g/mol. The lowest BCUT2D eigenvalue weighted by atomic mass is 10.2. The number of alkyl halides is 2. The first-order valence-electron chi connectivity index (χ1n) is 3.56. The third kappa shape index (κ3) is 1.37. The van der Waals surface area contributed by atoms with E-state index in [1.54, 1.807) is 6.07 Å². The van der Waals surface area contributed by atoms with Gasteiger partial charge in [0, 0.05) is 4.47 Å². The van der Waals surface area contributed by atoms with Crippen LogP contribution in [-0.4, -0.2) is 6.79 Å². The van der Waals surface area contributed by atoms with Crippen LogP contribution in [0.5, 0.6) is 11.5 Å². The molecule has 0 radical (unpaired) electrons. The van der Waals surface area contributed by atoms with Crippen LogP contribution in [0.1, 0.15) is 12.0 Å². The summed E-state index contributed by atoms with van der Waals surface area (Å²) in [6.45, 7) is 0.00546. The zero-order valence-electron chi connectivity index (χ0n) is 6.39. The normalized spacial score (nSPS) is 13.8. The topological polar surface area (TPSA) is 18.5 Å². The summed E-state index contributed by atoms with van der Waals surface area (Å²) in [5.41, 5.74) is -0.144. The fourth-order valence-electron chi connectivity index (χ4n) is 1.17. The Labute approximate surface area is 81.6 Å². The first-order chi connectivity index (χ1) is 6.20. The summed E-state index contributed by atoms with van der Waals surface area (Å²) in [4.78, 5) is 0. The zero-order chi connectivity index (χ0) is 9.42. The van der Waals surface area contributed by atoms with Crippen molar-refractivity contribution in [3.63, 3.8) is 0 Å². The van der Waals surface area contributed by atoms with Crippen LogP contribution in [0, 0.1) is 0 Å². The molecule has 0 saturated carbocycles. The molecule has 70 valence electrons. The summed E-state index contributed by atoms with van der Waals surface area (Å²) in [7, 11) is 0. The van der Waals surface area contributed by atoms with E-state index in [0.29, 0.717) is 10.2 Å². The van der Waals surface area contributed by atoms with E-state index in [9.17, 15) is 8.78 Å². The Kier molecular flexibility index (Phi) is 2.11. The van der Waals surface area contributed by atoms with Crippen LogP contribution in [0.15, 0.2) is 16.6 Å². The number of halogens is 3. The lowest BCUT2D eigenvalue weighted by Gasteiger charge is -2.06. The van der Waals surface area contributed by atoms with E-state index in [1.165, 1.54) is 6.07 Å². The smallest absolute Gasteiger partial charge is 0.268 e. The van der Waals surface area contributed by atoms with Crippen LogP contribution in [0.3, 0.4) is 0 Å². The molecule has 2 rings (SSSR count). The Hall–Kier alpha value is -0.840. The summed E-state index contributed by atoms with van der Waals surface area (Å²) in [6, 6.07) is 3.12. The number of fused-ring (bicyclic) bond motifs is 1. The number of hydrogen-bond donors (Lipinski definition) is 0. The third-order valence-corrected chi connectivity index (χ3v) is 2.43. The molecule has 0 unspecified atom stereocenters. The first-order valence-corrected chi connectivity index (χ1v) is 4.35. The van der Waals surface area contributed by atoms with Crippen molar-refractivity contribution in [2.45, 2.75) is 6.43 Å². The maximum atomic E-state index is 12.5. The molecule has 2 nitrogen and oxygen atoms in total. The number of ether oxygens (including phenoxy) is 2. The third-order valence-electron chi connectivity index (χ3n) is 1.74. The number of hydrogen-bond acceptors (Lipinski definition) is 2. The predicted molar refractivity (Wildman–Crippen MR) is 45.2 cm³/mol. The van der Waals surface area contributed by atoms with Gasteiger partial charge >= 0.3 is 0 Å². The van der Waals surface area contributed by atoms with Gasteiger partial charge in [0.05, 0.1) is 5.56 Å². The van der Waals surface area contributed by atoms with Crippen LogP contribution in [-0.2, 0) is 0 Å². The van der Waals surface area contributed by atoms with Crippen LogP contribution < -0.4 is 9.47 Å². The molecule has 0 amide bonds. The van der Waals surface area contributed by atoms with Gasteiger partial charge in [-0.2, -0.15) is 0 Å². The average Bonchev–Trinajstić information content (AvgIpc) is 2.50. The van der Waals surface area contributed by atoms with Crippen LogP contribution >= 0.6 is 15.9 Å². The summed E-state index contributed by atoms with van der Waals surface area (Å²) in [5, 5.41) is 0. The fourth-order valence-corrected chi connectivity index (χ4v) is 1.66. The maximum Gasteiger partial charge on any atom is 0.268 e. The highest BCUT2D eigenvalue weighted by Gasteiger charge is 2.25. The Morgan fingerprint density at radius 3 is 2.77 bits per heavy atom. The van der Waals surface area contributed by atoms with Crippen molar-refractivity contribution in [2.75, 3.05) is 6.79 Å². The van der Waals surface area contributed by atoms with Crippen molar-refractivity contribution < 1.29 is 18.3 Å². The van der Waals surface area contributed by atoms with Gasteiger partial charge in [-0.25, -0.2) is 8.78 Å². The van der Waals surface area contributed by atoms with Crippen molar-refractivity contribution >= 4 is 15.9 Å². The molecule has 1 aliphatic heterocycles. The maximum absolute atomic E-state index is 12.5. The SMILES string of the molecule is FC(F)c1c(Br)ccc2c1OCO2. The highest BCUT2D eigenvalue weighted by molar-refractivity contribution is 9.10. The first kappa shape index (κ1) is 8.74. The van der Waals surface area contributed by atoms with Crippen molar-refractivity contribution in [1.82, 2.24) is 0 Å². The Morgan fingerprint density at radius 1 is 1.31 bits per heavy atom. The van der Waals surface area contributed by atoms with Crippen molar-refractivity contribution in [1.29, 1.82) is 0 Å². The lowest BCUT2D eigenvalue weighted by Crippen LogP contribution is -1.95. The molecule has 5 heteroatoms. The van der Waals surface area contributed by atoms with Gasteiger partial charge in [0.1, 0.15) is 0 Å². The lowest BCUT2D eigenvalue weighted by molar-refractivity contribution is 0.139. The number of benzene rings is 1. The largest absolute Gasteiger partial charge is 0.454 e. The molecule has 0 spiro atoms. The highest BCUT2D eigenvalue weighted by Crippen LogP contribution is 2.44. The van der Waals surface area contributed by atoms with Crippen molar-refractivity contribution in [3.8, 4) is 11.5 Å². The van der Waals surface area contributed by atoms with Gasteiger partial charge < -0.3 is 9.47 Å². The minimum atomic E-state index is -2.56. The molecule has 0 fully saturated rings. The van der Waals surface area contributed by atoms with Crippen molar-refractivity contribution in [3.05, 3.63) is 22.2 Å². The molecule has 0 aliphatic carbocycles. The van der Waals surface area contributed by atoms with Crippen molar-refractivity contribution in [2.24, 2.45) is 0 Å². The Bertz CT molecular complexity index is 341. The highest BCUT2D eigenvalue weighted by atomic mass is 79.9. The minimum absolute atomic E-state index is 0.00546. The molecule has 0 aromatic heterocycles. The Balaban J connectivity index is 2.58. The van der Waals surface area contributed by atoms with Gasteiger partial charge in [0.2, 0.25) is 6.79 Å². The van der Waals surface area contributed by atoms with Crippen LogP contribution in [0.25, 0.3) is 0 Å². The predicted octanol–water partition coefficient (Wildman–Crippen LogP) is 3.12. The zero-order valence-corrected chi connectivity index (χ0v) is 7.98. The molecule has 1 aliphatic rings. The van der Waals surface area contributed by atoms with Crippen LogP contribution in [0.4, 0.5) is 8.78 Å². The Morgan fingerprint density at radius 2 is 2.08 bits per heavy atom. The summed E-state index contributed by atoms with van der Waals surface area (Å²) in [5.74, 6) is 0.517. The quantitative estimate of drug-likeness (QED) is 0.763. The van der Waals surface area contributed by atoms with Gasteiger partial charge in [-0.05, 0) is 12.1 Å². The second-order valence-electron chi connectivity index (χ2n) is 2.50. The molecule has 13 heavy (non-hydrogen) atoms. The molecule has 1 aromatic carbocycles. The molecule has 1 aromatic rings. The second kappa shape index (κ2) is 3.14. The van der Waals surface area contributed by atoms with E-state index >= 15 is 0 Å². The standard InChI is InChI=1S/C8H5BrF2O2/c9-4-1-2-5-7(13-3-12-5)6(4)8(10)11/h1-2,8H,3H2. The second-order valence-corrected chi connectivity index (χ2v) is 3.35. The van der Waals surface area contributed by atoms with Gasteiger partial charge in [0.15, 0.2) is 11.5 Å². The summed E-state index contributed by atoms with van der Waals surface area (Å²) in [6.07, 6.45) is -2.56. The van der Waals surface area contributed by atoms with E-state index in [4.69, 9.17) is 9.47 Å². The van der Waals surface area contributed by atoms with E-state index in [0.717, 1.165) is 0 Å². The molecule has 1 heterocycles. The summed E-state index contributed by atoms with van der Waals surface area (Å²) < 4.78 is 35.3. The van der Waals surface area contributed by atoms with E-state index < -0.39 is 6.43 Å². The van der Waals surface area contributed by atoms with E-state index in [1.807, 2.05) is 0 Å². The molecule has 0 N–H and O–H groups in total. The molecule has 0 saturated heterocycles. The molecule has 0 bridgehead atoms. The van der Waals surface area contributed by atoms with E-state index in [2.05, 4.69) is 15.9 Å². The average molecular weight is 251 g/mol. The minimum Gasteiger partial charge on any atom is -0.454 e. The van der Waals surface area contributed by atoms with Gasteiger partial charge in [0.25, 0.3) is 6.43 Å². The van der Waals surface area contributed by atoms with Gasteiger partial charge in [-0.15, -0.1) is 0 Å². The molecule has 0 atom stereocenters. The van der Waals surface area contributed by atoms with Gasteiger partial charge in [-0.3, -0.25) is 0 Å². The van der Waals surface area contributed by atoms with Crippen LogP contribution in [0.2, 0.25) is 0 Å². The monoisotopic (exact) mass is 250 g/mol.